The Kier molecular flexibility index (Phi) is 9.47. The van der Waals surface area contributed by atoms with Crippen molar-refractivity contribution in [2.45, 2.75) is 74.6 Å². The van der Waals surface area contributed by atoms with Gasteiger partial charge in [-0.1, -0.05) is 36.7 Å². The third-order valence-corrected chi connectivity index (χ3v) is 7.33. The second-order valence-corrected chi connectivity index (χ2v) is 8.57. The van der Waals surface area contributed by atoms with Crippen LogP contribution in [0.15, 0.2) is 0 Å². The van der Waals surface area contributed by atoms with Crippen LogP contribution in [0.3, 0.4) is 0 Å². The Balaban J connectivity index is 5.21. The van der Waals surface area contributed by atoms with Gasteiger partial charge in [0.1, 0.15) is 7.85 Å². The fourth-order valence-corrected chi connectivity index (χ4v) is 4.00. The minimum absolute atomic E-state index is 0.0742. The van der Waals surface area contributed by atoms with Crippen molar-refractivity contribution in [1.82, 2.24) is 0 Å². The Hall–Kier alpha value is 0.505. The predicted molar refractivity (Wildman–Crippen MR) is 90.5 cm³/mol. The van der Waals surface area contributed by atoms with E-state index >= 15 is 0 Å². The number of ether oxygens (including phenoxy) is 1. The lowest BCUT2D eigenvalue weighted by molar-refractivity contribution is -0.113. The number of aliphatic hydroxyl groups excluding tert-OH is 1. The van der Waals surface area contributed by atoms with Crippen molar-refractivity contribution in [3.8, 4) is 0 Å². The minimum Gasteiger partial charge on any atom is -0.392 e. The van der Waals surface area contributed by atoms with Gasteiger partial charge in [-0.15, -0.1) is 0 Å². The number of hydrogen-bond donors (Lipinski definition) is 3. The number of rotatable bonds is 11. The number of alkyl halides is 2. The smallest absolute Gasteiger partial charge is 0.362 e. The third kappa shape index (κ3) is 6.06. The molecule has 0 aromatic carbocycles. The molecule has 2 radical (unpaired) electrons. The summed E-state index contributed by atoms with van der Waals surface area (Å²) < 4.78 is 36.8. The molecule has 0 fully saturated rings. The zero-order valence-electron chi connectivity index (χ0n) is 13.9. The molecule has 3 N–H and O–H groups in total. The zero-order valence-corrected chi connectivity index (χ0v) is 16.4. The van der Waals surface area contributed by atoms with Gasteiger partial charge in [-0.25, -0.2) is 4.39 Å². The van der Waals surface area contributed by atoms with Gasteiger partial charge in [-0.05, 0) is 12.8 Å². The van der Waals surface area contributed by atoms with Crippen LogP contribution in [-0.2, 0) is 13.8 Å². The van der Waals surface area contributed by atoms with Crippen molar-refractivity contribution in [2.24, 2.45) is 0 Å². The van der Waals surface area contributed by atoms with E-state index in [1.807, 2.05) is 0 Å². The van der Waals surface area contributed by atoms with E-state index in [9.17, 15) is 24.1 Å². The Morgan fingerprint density at radius 3 is 2.13 bits per heavy atom. The van der Waals surface area contributed by atoms with Crippen molar-refractivity contribution < 1.29 is 33.3 Å². The fourth-order valence-electron chi connectivity index (χ4n) is 1.98. The van der Waals surface area contributed by atoms with Crippen molar-refractivity contribution in [3.05, 3.63) is 0 Å². The molecule has 136 valence electrons. The molecule has 0 rings (SSSR count). The average molecular weight is 419 g/mol. The van der Waals surface area contributed by atoms with E-state index in [1.165, 1.54) is 27.9 Å². The predicted octanol–water partition coefficient (Wildman–Crippen LogP) is 2.43. The largest absolute Gasteiger partial charge is 0.392 e. The van der Waals surface area contributed by atoms with Crippen LogP contribution in [0.1, 0.15) is 46.5 Å². The van der Waals surface area contributed by atoms with Gasteiger partial charge >= 0.3 is 7.60 Å². The molecule has 3 unspecified atom stereocenters. The molecule has 0 spiro atoms. The molecule has 0 aliphatic rings. The zero-order chi connectivity index (χ0) is 18.5. The molecule has 0 bridgehead atoms. The summed E-state index contributed by atoms with van der Waals surface area (Å²) in [5, 5.41) is 18.2. The monoisotopic (exact) mass is 418 g/mol. The summed E-state index contributed by atoms with van der Waals surface area (Å²) in [5.41, 5.74) is 0. The number of hydrogen-bond acceptors (Lipinski definition) is 5. The lowest BCUT2D eigenvalue weighted by Crippen LogP contribution is -2.41. The topological polar surface area (TPSA) is 96.2 Å². The average Bonchev–Trinajstić information content (AvgIpc) is 2.51. The summed E-state index contributed by atoms with van der Waals surface area (Å²) in [7, 11) is 2.23. The number of methoxy groups -OCH3 is 1. The highest BCUT2D eigenvalue weighted by Gasteiger charge is 2.50. The molecular formula is C13H26BBrFO6P. The van der Waals surface area contributed by atoms with Crippen molar-refractivity contribution >= 4 is 31.4 Å². The summed E-state index contributed by atoms with van der Waals surface area (Å²) in [6, 6.07) is -0.893. The third-order valence-electron chi connectivity index (χ3n) is 3.94. The quantitative estimate of drug-likeness (QED) is 0.271. The van der Waals surface area contributed by atoms with Gasteiger partial charge in [0, 0.05) is 26.0 Å². The first-order chi connectivity index (χ1) is 10.4. The van der Waals surface area contributed by atoms with E-state index in [0.29, 0.717) is 0 Å². The van der Waals surface area contributed by atoms with Crippen LogP contribution < -0.4 is 0 Å². The van der Waals surface area contributed by atoms with E-state index in [2.05, 4.69) is 15.9 Å². The molecule has 10 heteroatoms. The maximum atomic E-state index is 14.9. The highest BCUT2D eigenvalue weighted by molar-refractivity contribution is 9.09. The van der Waals surface area contributed by atoms with Crippen LogP contribution in [0.25, 0.3) is 0 Å². The van der Waals surface area contributed by atoms with Gasteiger partial charge in [-0.3, -0.25) is 9.09 Å². The van der Waals surface area contributed by atoms with Gasteiger partial charge in [0.2, 0.25) is 5.85 Å². The van der Waals surface area contributed by atoms with Crippen molar-refractivity contribution in [3.63, 3.8) is 0 Å². The summed E-state index contributed by atoms with van der Waals surface area (Å²) >= 11 is 3.09. The lowest BCUT2D eigenvalue weighted by atomic mass is 9.91. The molecule has 23 heavy (non-hydrogen) atoms. The van der Waals surface area contributed by atoms with Gasteiger partial charge in [0.15, 0.2) is 5.34 Å². The van der Waals surface area contributed by atoms with Crippen molar-refractivity contribution in [1.29, 1.82) is 0 Å². The van der Waals surface area contributed by atoms with Crippen LogP contribution in [0.4, 0.5) is 4.39 Å². The lowest BCUT2D eigenvalue weighted by Gasteiger charge is -2.36. The molecule has 6 nitrogen and oxygen atoms in total. The number of aliphatic hydroxyl groups is 2. The molecule has 0 aliphatic carbocycles. The van der Waals surface area contributed by atoms with E-state index in [-0.39, 0.29) is 19.3 Å². The second-order valence-electron chi connectivity index (χ2n) is 5.45. The van der Waals surface area contributed by atoms with E-state index in [1.54, 1.807) is 0 Å². The molecule has 0 aromatic rings. The minimum atomic E-state index is -4.68. The summed E-state index contributed by atoms with van der Waals surface area (Å²) in [6.07, 6.45) is -2.37. The molecule has 5 atom stereocenters. The molecule has 0 aliphatic heterocycles. The molecule has 0 saturated heterocycles. The first-order valence-electron chi connectivity index (χ1n) is 7.47. The molecule has 0 aromatic heterocycles. The van der Waals surface area contributed by atoms with Crippen LogP contribution in [0.2, 0.25) is 0 Å². The fraction of sp³-hybridized carbons (Fsp3) is 1.00. The normalized spacial score (nSPS) is 22.0. The molecule has 0 heterocycles. The highest BCUT2D eigenvalue weighted by atomic mass is 79.9. The first kappa shape index (κ1) is 23.5. The summed E-state index contributed by atoms with van der Waals surface area (Å²) in [4.78, 5) is 9.21. The second kappa shape index (κ2) is 9.27. The van der Waals surface area contributed by atoms with Crippen molar-refractivity contribution in [2.75, 3.05) is 7.11 Å². The van der Waals surface area contributed by atoms with Crippen LogP contribution >= 0.6 is 23.5 Å². The van der Waals surface area contributed by atoms with Gasteiger partial charge in [-0.2, -0.15) is 0 Å². The Morgan fingerprint density at radius 2 is 1.78 bits per heavy atom. The summed E-state index contributed by atoms with van der Waals surface area (Å²) in [6.45, 7) is 4.41. The molecule has 0 amide bonds. The Labute approximate surface area is 146 Å². The van der Waals surface area contributed by atoms with Gasteiger partial charge < -0.3 is 19.8 Å². The Morgan fingerprint density at radius 1 is 1.30 bits per heavy atom. The van der Waals surface area contributed by atoms with Crippen LogP contribution in [0, 0.1) is 0 Å². The SMILES string of the molecule is [B][C@H](OC)[C@H](Br)C(O)CC(F)(CC)OP(=O)(O)C(O)(CC)CC. The summed E-state index contributed by atoms with van der Waals surface area (Å²) in [5.74, 6) is -2.60. The van der Waals surface area contributed by atoms with Gasteiger partial charge in [0.25, 0.3) is 0 Å². The molecular weight excluding hydrogens is 393 g/mol. The Bertz CT molecular complexity index is 414. The van der Waals surface area contributed by atoms with E-state index in [0.717, 1.165) is 0 Å². The van der Waals surface area contributed by atoms with Crippen LogP contribution in [-0.4, -0.2) is 58.2 Å². The maximum Gasteiger partial charge on any atom is 0.362 e. The highest BCUT2D eigenvalue weighted by Crippen LogP contribution is 2.60. The van der Waals surface area contributed by atoms with E-state index < -0.39 is 42.1 Å². The van der Waals surface area contributed by atoms with Crippen LogP contribution in [0.5, 0.6) is 0 Å². The van der Waals surface area contributed by atoms with Gasteiger partial charge in [0.05, 0.1) is 10.9 Å². The maximum absolute atomic E-state index is 14.9. The van der Waals surface area contributed by atoms with E-state index in [4.69, 9.17) is 17.1 Å². The number of halogens is 2. The molecule has 0 saturated carbocycles. The standard InChI is InChI=1S/C13H26BBrFO6P/c1-5-12(16,8-9(17)10(15)11(14)21-4)22-23(19,20)13(18,6-2)7-3/h9-11,17-18H,5-8H2,1-4H3,(H,19,20)/t9?,10-,11-,12?/m1/s1. The first-order valence-corrected chi connectivity index (χ1v) is 9.96.